The fourth-order valence-electron chi connectivity index (χ4n) is 1.38. The van der Waals surface area contributed by atoms with Crippen molar-refractivity contribution >= 4 is 0 Å². The molecule has 1 atom stereocenters. The van der Waals surface area contributed by atoms with Gasteiger partial charge in [0.1, 0.15) is 0 Å². The van der Waals surface area contributed by atoms with E-state index in [1.807, 2.05) is 4.68 Å². The van der Waals surface area contributed by atoms with Gasteiger partial charge in [-0.25, -0.2) is 4.68 Å². The van der Waals surface area contributed by atoms with Crippen molar-refractivity contribution in [3.05, 3.63) is 11.9 Å². The van der Waals surface area contributed by atoms with Gasteiger partial charge in [0.15, 0.2) is 0 Å². The van der Waals surface area contributed by atoms with Crippen LogP contribution in [0.25, 0.3) is 0 Å². The zero-order valence-electron chi connectivity index (χ0n) is 7.68. The van der Waals surface area contributed by atoms with Crippen LogP contribution in [0.5, 0.6) is 0 Å². The monoisotopic (exact) mass is 182 g/mol. The molecule has 1 saturated carbocycles. The summed E-state index contributed by atoms with van der Waals surface area (Å²) in [4.78, 5) is 0. The lowest BCUT2D eigenvalue weighted by atomic mass is 10.2. The van der Waals surface area contributed by atoms with E-state index in [0.717, 1.165) is 5.69 Å². The molecule has 1 aromatic rings. The second kappa shape index (κ2) is 3.43. The third kappa shape index (κ3) is 1.71. The highest BCUT2D eigenvalue weighted by molar-refractivity contribution is 5.04. The van der Waals surface area contributed by atoms with Gasteiger partial charge in [-0.05, 0) is 12.8 Å². The fraction of sp³-hybridized carbons (Fsp3) is 0.750. The molecule has 0 spiro atoms. The van der Waals surface area contributed by atoms with Gasteiger partial charge >= 0.3 is 0 Å². The molecule has 0 bridgehead atoms. The van der Waals surface area contributed by atoms with E-state index in [1.54, 1.807) is 13.3 Å². The Kier molecular flexibility index (Phi) is 2.28. The van der Waals surface area contributed by atoms with E-state index in [0.29, 0.717) is 12.6 Å². The molecule has 5 heteroatoms. The van der Waals surface area contributed by atoms with Crippen molar-refractivity contribution in [3.8, 4) is 0 Å². The highest BCUT2D eigenvalue weighted by Gasteiger charge is 2.28. The molecule has 13 heavy (non-hydrogen) atoms. The van der Waals surface area contributed by atoms with Gasteiger partial charge in [0.25, 0.3) is 0 Å². The first kappa shape index (κ1) is 8.65. The fourth-order valence-corrected chi connectivity index (χ4v) is 1.38. The van der Waals surface area contributed by atoms with E-state index >= 15 is 0 Å². The maximum Gasteiger partial charge on any atom is 0.0781 e. The number of nitrogens with two attached hydrogens (primary N) is 1. The Labute approximate surface area is 76.9 Å². The topological polar surface area (TPSA) is 66.0 Å². The molecule has 2 N–H and O–H groups in total. The first-order valence-corrected chi connectivity index (χ1v) is 4.47. The van der Waals surface area contributed by atoms with Crippen LogP contribution >= 0.6 is 0 Å². The predicted octanol–water partition coefficient (Wildman–Crippen LogP) is 0.259. The highest BCUT2D eigenvalue weighted by Crippen LogP contribution is 2.35. The lowest BCUT2D eigenvalue weighted by Crippen LogP contribution is -2.20. The number of aromatic nitrogens is 3. The van der Waals surface area contributed by atoms with Crippen molar-refractivity contribution < 1.29 is 4.74 Å². The number of hydrogen-bond donors (Lipinski definition) is 1. The standard InChI is InChI=1S/C8H14N4O/c1-13-5-7(9)8-4-10-11-12(8)6-2-3-6/h4,6-7H,2-3,5,9H2,1H3. The Hall–Kier alpha value is -0.940. The second-order valence-electron chi connectivity index (χ2n) is 3.40. The van der Waals surface area contributed by atoms with Crippen LogP contribution in [0.2, 0.25) is 0 Å². The molecule has 5 nitrogen and oxygen atoms in total. The average Bonchev–Trinajstić information content (AvgIpc) is 2.84. The Bertz CT molecular complexity index is 281. The Morgan fingerprint density at radius 3 is 3.15 bits per heavy atom. The summed E-state index contributed by atoms with van der Waals surface area (Å²) >= 11 is 0. The summed E-state index contributed by atoms with van der Waals surface area (Å²) in [7, 11) is 1.64. The predicted molar refractivity (Wildman–Crippen MR) is 47.1 cm³/mol. The quantitative estimate of drug-likeness (QED) is 0.725. The minimum absolute atomic E-state index is 0.111. The van der Waals surface area contributed by atoms with E-state index in [4.69, 9.17) is 10.5 Å². The molecular formula is C8H14N4O. The molecule has 72 valence electrons. The number of rotatable bonds is 4. The molecule has 0 aliphatic heterocycles. The number of hydrogen-bond acceptors (Lipinski definition) is 4. The van der Waals surface area contributed by atoms with Crippen molar-refractivity contribution in [1.29, 1.82) is 0 Å². The lowest BCUT2D eigenvalue weighted by Gasteiger charge is -2.11. The van der Waals surface area contributed by atoms with Crippen LogP contribution in [-0.4, -0.2) is 28.7 Å². The van der Waals surface area contributed by atoms with E-state index in [2.05, 4.69) is 10.3 Å². The van der Waals surface area contributed by atoms with Crippen LogP contribution < -0.4 is 5.73 Å². The van der Waals surface area contributed by atoms with Crippen molar-refractivity contribution in [2.24, 2.45) is 5.73 Å². The van der Waals surface area contributed by atoms with Crippen LogP contribution in [-0.2, 0) is 4.74 Å². The van der Waals surface area contributed by atoms with Gasteiger partial charge in [-0.2, -0.15) is 0 Å². The summed E-state index contributed by atoms with van der Waals surface area (Å²) in [6.45, 7) is 0.514. The highest BCUT2D eigenvalue weighted by atomic mass is 16.5. The Balaban J connectivity index is 2.13. The smallest absolute Gasteiger partial charge is 0.0781 e. The second-order valence-corrected chi connectivity index (χ2v) is 3.40. The first-order valence-electron chi connectivity index (χ1n) is 4.47. The molecule has 2 rings (SSSR count). The molecule has 1 unspecified atom stereocenters. The Morgan fingerprint density at radius 1 is 1.77 bits per heavy atom. The average molecular weight is 182 g/mol. The Morgan fingerprint density at radius 2 is 2.54 bits per heavy atom. The molecule has 0 amide bonds. The molecule has 0 aromatic carbocycles. The van der Waals surface area contributed by atoms with Crippen molar-refractivity contribution in [3.63, 3.8) is 0 Å². The zero-order valence-corrected chi connectivity index (χ0v) is 7.68. The lowest BCUT2D eigenvalue weighted by molar-refractivity contribution is 0.177. The third-order valence-corrected chi connectivity index (χ3v) is 2.22. The number of nitrogens with zero attached hydrogens (tertiary/aromatic N) is 3. The van der Waals surface area contributed by atoms with Gasteiger partial charge < -0.3 is 10.5 Å². The summed E-state index contributed by atoms with van der Waals surface area (Å²) in [6, 6.07) is 0.418. The van der Waals surface area contributed by atoms with Gasteiger partial charge in [0.2, 0.25) is 0 Å². The largest absolute Gasteiger partial charge is 0.383 e. The third-order valence-electron chi connectivity index (χ3n) is 2.22. The minimum Gasteiger partial charge on any atom is -0.383 e. The molecule has 0 saturated heterocycles. The number of ether oxygens (including phenoxy) is 1. The van der Waals surface area contributed by atoms with Crippen LogP contribution in [0.4, 0.5) is 0 Å². The van der Waals surface area contributed by atoms with Crippen molar-refractivity contribution in [2.75, 3.05) is 13.7 Å². The van der Waals surface area contributed by atoms with Crippen LogP contribution in [0.15, 0.2) is 6.20 Å². The molecular weight excluding hydrogens is 168 g/mol. The van der Waals surface area contributed by atoms with Gasteiger partial charge in [-0.15, -0.1) is 5.10 Å². The van der Waals surface area contributed by atoms with E-state index < -0.39 is 0 Å². The van der Waals surface area contributed by atoms with Gasteiger partial charge in [-0.3, -0.25) is 0 Å². The van der Waals surface area contributed by atoms with Crippen LogP contribution in [0.3, 0.4) is 0 Å². The zero-order chi connectivity index (χ0) is 9.26. The summed E-state index contributed by atoms with van der Waals surface area (Å²) in [6.07, 6.45) is 4.11. The van der Waals surface area contributed by atoms with E-state index in [-0.39, 0.29) is 6.04 Å². The van der Waals surface area contributed by atoms with Crippen molar-refractivity contribution in [2.45, 2.75) is 24.9 Å². The van der Waals surface area contributed by atoms with Gasteiger partial charge in [0, 0.05) is 7.11 Å². The SMILES string of the molecule is COCC(N)c1cnnn1C1CC1. The summed E-state index contributed by atoms with van der Waals surface area (Å²) in [5, 5.41) is 7.88. The summed E-state index contributed by atoms with van der Waals surface area (Å²) in [5.74, 6) is 0. The summed E-state index contributed by atoms with van der Waals surface area (Å²) in [5.41, 5.74) is 6.87. The number of methoxy groups -OCH3 is 1. The maximum absolute atomic E-state index is 5.89. The van der Waals surface area contributed by atoms with Gasteiger partial charge in [-0.1, -0.05) is 5.21 Å². The normalized spacial score (nSPS) is 18.9. The molecule has 1 aromatic heterocycles. The summed E-state index contributed by atoms with van der Waals surface area (Å²) < 4.78 is 6.91. The van der Waals surface area contributed by atoms with Crippen LogP contribution in [0.1, 0.15) is 30.6 Å². The van der Waals surface area contributed by atoms with E-state index in [9.17, 15) is 0 Å². The molecule has 1 heterocycles. The van der Waals surface area contributed by atoms with Crippen LogP contribution in [0, 0.1) is 0 Å². The van der Waals surface area contributed by atoms with Gasteiger partial charge in [0.05, 0.1) is 30.6 Å². The molecule has 1 fully saturated rings. The molecule has 1 aliphatic carbocycles. The van der Waals surface area contributed by atoms with E-state index in [1.165, 1.54) is 12.8 Å². The molecule has 1 aliphatic rings. The maximum atomic E-state index is 5.89. The minimum atomic E-state index is -0.111. The molecule has 0 radical (unpaired) electrons. The van der Waals surface area contributed by atoms with Crippen molar-refractivity contribution in [1.82, 2.24) is 15.0 Å². The first-order chi connectivity index (χ1) is 6.33.